The summed E-state index contributed by atoms with van der Waals surface area (Å²) in [5, 5.41) is 17.7. The predicted molar refractivity (Wildman–Crippen MR) is 65.2 cm³/mol. The fourth-order valence-corrected chi connectivity index (χ4v) is 2.07. The lowest BCUT2D eigenvalue weighted by Gasteiger charge is -2.35. The maximum Gasteiger partial charge on any atom is 0.317 e. The number of rotatable bonds is 3. The summed E-state index contributed by atoms with van der Waals surface area (Å²) < 4.78 is 0. The van der Waals surface area contributed by atoms with Gasteiger partial charge in [0.05, 0.1) is 24.0 Å². The number of carbonyl (C=O) groups is 1. The van der Waals surface area contributed by atoms with E-state index in [9.17, 15) is 4.79 Å². The Bertz CT molecular complexity index is 475. The van der Waals surface area contributed by atoms with Gasteiger partial charge in [0.2, 0.25) is 0 Å². The second kappa shape index (κ2) is 5.47. The third-order valence-corrected chi connectivity index (χ3v) is 2.99. The summed E-state index contributed by atoms with van der Waals surface area (Å²) in [6.45, 7) is 2.88. The van der Waals surface area contributed by atoms with E-state index in [0.717, 1.165) is 5.69 Å². The number of nitriles is 1. The first kappa shape index (κ1) is 12.3. The SMILES string of the molecule is N#Cc1ccncc1N1CCN(CC(=O)O)CC1. The first-order chi connectivity index (χ1) is 8.70. The molecular weight excluding hydrogens is 232 g/mol. The van der Waals surface area contributed by atoms with Crippen LogP contribution in [0, 0.1) is 11.3 Å². The van der Waals surface area contributed by atoms with E-state index in [1.54, 1.807) is 18.5 Å². The largest absolute Gasteiger partial charge is 0.480 e. The number of hydrogen-bond donors (Lipinski definition) is 1. The number of anilines is 1. The third-order valence-electron chi connectivity index (χ3n) is 2.99. The lowest BCUT2D eigenvalue weighted by Crippen LogP contribution is -2.48. The lowest BCUT2D eigenvalue weighted by atomic mass is 10.2. The average Bonchev–Trinajstić information content (AvgIpc) is 2.39. The summed E-state index contributed by atoms with van der Waals surface area (Å²) >= 11 is 0. The molecule has 1 aliphatic rings. The Morgan fingerprint density at radius 1 is 1.44 bits per heavy atom. The molecule has 2 rings (SSSR count). The van der Waals surface area contributed by atoms with Crippen LogP contribution in [0.15, 0.2) is 18.5 Å². The first-order valence-corrected chi connectivity index (χ1v) is 5.74. The molecule has 0 saturated carbocycles. The molecule has 0 unspecified atom stereocenters. The molecule has 1 saturated heterocycles. The second-order valence-electron chi connectivity index (χ2n) is 4.16. The van der Waals surface area contributed by atoms with Gasteiger partial charge in [-0.2, -0.15) is 5.26 Å². The summed E-state index contributed by atoms with van der Waals surface area (Å²) in [6.07, 6.45) is 3.29. The van der Waals surface area contributed by atoms with Crippen molar-refractivity contribution in [3.05, 3.63) is 24.0 Å². The smallest absolute Gasteiger partial charge is 0.317 e. The molecule has 94 valence electrons. The van der Waals surface area contributed by atoms with Crippen LogP contribution in [0.5, 0.6) is 0 Å². The van der Waals surface area contributed by atoms with Gasteiger partial charge in [-0.1, -0.05) is 0 Å². The van der Waals surface area contributed by atoms with Gasteiger partial charge < -0.3 is 10.0 Å². The highest BCUT2D eigenvalue weighted by molar-refractivity contribution is 5.69. The van der Waals surface area contributed by atoms with Gasteiger partial charge in [-0.05, 0) is 6.07 Å². The van der Waals surface area contributed by atoms with Gasteiger partial charge in [0, 0.05) is 32.4 Å². The number of hydrogen-bond acceptors (Lipinski definition) is 5. The number of aromatic nitrogens is 1. The van der Waals surface area contributed by atoms with Crippen molar-refractivity contribution in [2.75, 3.05) is 37.6 Å². The predicted octanol–water partition coefficient (Wildman–Crippen LogP) is 0.160. The molecule has 1 aromatic heterocycles. The van der Waals surface area contributed by atoms with Crippen LogP contribution in [0.3, 0.4) is 0 Å². The molecule has 0 spiro atoms. The fraction of sp³-hybridized carbons (Fsp3) is 0.417. The molecule has 2 heterocycles. The van der Waals surface area contributed by atoms with Crippen molar-refractivity contribution < 1.29 is 9.90 Å². The van der Waals surface area contributed by atoms with Crippen molar-refractivity contribution in [3.8, 4) is 6.07 Å². The van der Waals surface area contributed by atoms with Crippen molar-refractivity contribution in [2.45, 2.75) is 0 Å². The second-order valence-corrected chi connectivity index (χ2v) is 4.16. The van der Waals surface area contributed by atoms with E-state index in [2.05, 4.69) is 16.0 Å². The van der Waals surface area contributed by atoms with Crippen molar-refractivity contribution in [3.63, 3.8) is 0 Å². The number of carboxylic acid groups (broad SMARTS) is 1. The molecule has 0 amide bonds. The molecule has 0 aliphatic carbocycles. The van der Waals surface area contributed by atoms with Gasteiger partial charge in [0.1, 0.15) is 6.07 Å². The van der Waals surface area contributed by atoms with Crippen molar-refractivity contribution in [2.24, 2.45) is 0 Å². The van der Waals surface area contributed by atoms with Gasteiger partial charge >= 0.3 is 5.97 Å². The third kappa shape index (κ3) is 2.76. The van der Waals surface area contributed by atoms with E-state index < -0.39 is 5.97 Å². The van der Waals surface area contributed by atoms with Crippen LogP contribution in [-0.2, 0) is 4.79 Å². The van der Waals surface area contributed by atoms with Crippen LogP contribution in [-0.4, -0.2) is 53.7 Å². The molecule has 1 aromatic rings. The zero-order valence-electron chi connectivity index (χ0n) is 9.91. The van der Waals surface area contributed by atoms with Crippen molar-refractivity contribution in [1.29, 1.82) is 5.26 Å². The summed E-state index contributed by atoms with van der Waals surface area (Å²) in [5.74, 6) is -0.803. The minimum absolute atomic E-state index is 0.0754. The van der Waals surface area contributed by atoms with Crippen molar-refractivity contribution >= 4 is 11.7 Å². The number of piperazine rings is 1. The zero-order valence-corrected chi connectivity index (χ0v) is 9.91. The summed E-state index contributed by atoms with van der Waals surface area (Å²) in [7, 11) is 0. The van der Waals surface area contributed by atoms with Crippen LogP contribution in [0.4, 0.5) is 5.69 Å². The molecule has 6 heteroatoms. The Hall–Kier alpha value is -2.13. The first-order valence-electron chi connectivity index (χ1n) is 5.74. The average molecular weight is 246 g/mol. The van der Waals surface area contributed by atoms with Gasteiger partial charge in [0.25, 0.3) is 0 Å². The Morgan fingerprint density at radius 3 is 2.78 bits per heavy atom. The molecule has 1 N–H and O–H groups in total. The summed E-state index contributed by atoms with van der Waals surface area (Å²) in [5.41, 5.74) is 1.44. The van der Waals surface area contributed by atoms with E-state index in [1.165, 1.54) is 0 Å². The Kier molecular flexibility index (Phi) is 3.75. The van der Waals surface area contributed by atoms with Crippen LogP contribution in [0.25, 0.3) is 0 Å². The maximum absolute atomic E-state index is 10.6. The van der Waals surface area contributed by atoms with E-state index >= 15 is 0 Å². The molecule has 0 bridgehead atoms. The zero-order chi connectivity index (χ0) is 13.0. The summed E-state index contributed by atoms with van der Waals surface area (Å²) in [4.78, 5) is 18.6. The Morgan fingerprint density at radius 2 is 2.17 bits per heavy atom. The highest BCUT2D eigenvalue weighted by Crippen LogP contribution is 2.19. The molecule has 18 heavy (non-hydrogen) atoms. The van der Waals surface area contributed by atoms with Gasteiger partial charge in [0.15, 0.2) is 0 Å². The standard InChI is InChI=1S/C12H14N4O2/c13-7-10-1-2-14-8-11(10)16-5-3-15(4-6-16)9-12(17)18/h1-2,8H,3-6,9H2,(H,17,18). The highest BCUT2D eigenvalue weighted by atomic mass is 16.4. The van der Waals surface area contributed by atoms with Crippen LogP contribution < -0.4 is 4.90 Å². The Labute approximate surface area is 105 Å². The van der Waals surface area contributed by atoms with Gasteiger partial charge in [-0.15, -0.1) is 0 Å². The summed E-state index contributed by atoms with van der Waals surface area (Å²) in [6, 6.07) is 3.84. The fourth-order valence-electron chi connectivity index (χ4n) is 2.07. The van der Waals surface area contributed by atoms with E-state index in [0.29, 0.717) is 31.7 Å². The molecule has 0 radical (unpaired) electrons. The van der Waals surface area contributed by atoms with Crippen LogP contribution in [0.2, 0.25) is 0 Å². The van der Waals surface area contributed by atoms with Crippen LogP contribution in [0.1, 0.15) is 5.56 Å². The Balaban J connectivity index is 2.01. The molecule has 0 aromatic carbocycles. The lowest BCUT2D eigenvalue weighted by molar-refractivity contribution is -0.138. The quantitative estimate of drug-likeness (QED) is 0.818. The van der Waals surface area contributed by atoms with E-state index in [1.807, 2.05) is 4.90 Å². The van der Waals surface area contributed by atoms with E-state index in [-0.39, 0.29) is 6.54 Å². The van der Waals surface area contributed by atoms with Crippen molar-refractivity contribution in [1.82, 2.24) is 9.88 Å². The number of carboxylic acids is 1. The topological polar surface area (TPSA) is 80.5 Å². The molecule has 6 nitrogen and oxygen atoms in total. The normalized spacial score (nSPS) is 16.3. The molecule has 0 atom stereocenters. The van der Waals surface area contributed by atoms with Gasteiger partial charge in [-0.3, -0.25) is 14.7 Å². The molecular formula is C12H14N4O2. The molecule has 1 fully saturated rings. The maximum atomic E-state index is 10.6. The van der Waals surface area contributed by atoms with Crippen LogP contribution >= 0.6 is 0 Å². The molecule has 1 aliphatic heterocycles. The minimum atomic E-state index is -0.803. The number of pyridine rings is 1. The van der Waals surface area contributed by atoms with Gasteiger partial charge in [-0.25, -0.2) is 0 Å². The monoisotopic (exact) mass is 246 g/mol. The van der Waals surface area contributed by atoms with E-state index in [4.69, 9.17) is 10.4 Å². The number of aliphatic carboxylic acids is 1. The minimum Gasteiger partial charge on any atom is -0.480 e. The highest BCUT2D eigenvalue weighted by Gasteiger charge is 2.20. The number of nitrogens with zero attached hydrogens (tertiary/aromatic N) is 4.